The molecule has 8 heteroatoms. The third-order valence-electron chi connectivity index (χ3n) is 4.74. The second-order valence-electron chi connectivity index (χ2n) is 7.11. The van der Waals surface area contributed by atoms with Crippen LogP contribution in [0.15, 0.2) is 30.3 Å². The predicted molar refractivity (Wildman–Crippen MR) is 111 cm³/mol. The van der Waals surface area contributed by atoms with Crippen molar-refractivity contribution in [2.24, 2.45) is 0 Å². The Labute approximate surface area is 170 Å². The molecule has 1 fully saturated rings. The third-order valence-corrected chi connectivity index (χ3v) is 4.74. The zero-order valence-corrected chi connectivity index (χ0v) is 16.9. The molecular formula is C21H28FN5O2. The van der Waals surface area contributed by atoms with E-state index in [1.54, 1.807) is 19.1 Å². The predicted octanol–water partition coefficient (Wildman–Crippen LogP) is 2.91. The van der Waals surface area contributed by atoms with E-state index in [2.05, 4.69) is 25.5 Å². The van der Waals surface area contributed by atoms with Gasteiger partial charge in [-0.05, 0) is 45.2 Å². The van der Waals surface area contributed by atoms with Gasteiger partial charge < -0.3 is 20.3 Å². The van der Waals surface area contributed by atoms with Crippen molar-refractivity contribution in [1.82, 2.24) is 15.3 Å². The second-order valence-corrected chi connectivity index (χ2v) is 7.11. The summed E-state index contributed by atoms with van der Waals surface area (Å²) in [6.45, 7) is 6.41. The Bertz CT molecular complexity index is 826. The lowest BCUT2D eigenvalue weighted by Gasteiger charge is -2.28. The fraction of sp³-hybridized carbons (Fsp3) is 0.476. The highest BCUT2D eigenvalue weighted by Crippen LogP contribution is 2.20. The number of aromatic nitrogens is 2. The molecule has 156 valence electrons. The van der Waals surface area contributed by atoms with E-state index in [4.69, 9.17) is 4.74 Å². The van der Waals surface area contributed by atoms with Crippen LogP contribution in [0.2, 0.25) is 0 Å². The average Bonchev–Trinajstić information content (AvgIpc) is 2.73. The maximum atomic E-state index is 13.6. The summed E-state index contributed by atoms with van der Waals surface area (Å²) in [5, 5.41) is 6.01. The van der Waals surface area contributed by atoms with Crippen LogP contribution in [0.4, 0.5) is 16.0 Å². The number of benzene rings is 1. The molecule has 1 atom stereocenters. The van der Waals surface area contributed by atoms with E-state index in [9.17, 15) is 9.18 Å². The molecule has 0 bridgehead atoms. The van der Waals surface area contributed by atoms with Gasteiger partial charge in [0.25, 0.3) is 5.91 Å². The fourth-order valence-electron chi connectivity index (χ4n) is 3.23. The average molecular weight is 401 g/mol. The van der Waals surface area contributed by atoms with E-state index in [1.165, 1.54) is 31.4 Å². The summed E-state index contributed by atoms with van der Waals surface area (Å²) in [5.74, 6) is 1.67. The largest absolute Gasteiger partial charge is 0.478 e. The molecule has 1 aromatic carbocycles. The minimum Gasteiger partial charge on any atom is -0.478 e. The first kappa shape index (κ1) is 20.8. The molecule has 3 rings (SSSR count). The molecule has 1 amide bonds. The number of nitrogens with one attached hydrogen (secondary N) is 2. The molecule has 7 nitrogen and oxygen atoms in total. The molecule has 0 aliphatic carbocycles. The number of piperidine rings is 1. The summed E-state index contributed by atoms with van der Waals surface area (Å²) >= 11 is 0. The number of para-hydroxylation sites is 1. The lowest BCUT2D eigenvalue weighted by Crippen LogP contribution is -2.38. The Morgan fingerprint density at radius 1 is 1.21 bits per heavy atom. The van der Waals surface area contributed by atoms with Crippen molar-refractivity contribution in [2.75, 3.05) is 36.4 Å². The SMILES string of the molecule is Cc1nc(NCCNC(=O)C(C)Oc2ccccc2F)cc(N2CCCCC2)n1. The molecular weight excluding hydrogens is 373 g/mol. The Morgan fingerprint density at radius 2 is 1.97 bits per heavy atom. The van der Waals surface area contributed by atoms with Crippen molar-refractivity contribution in [1.29, 1.82) is 0 Å². The lowest BCUT2D eigenvalue weighted by atomic mass is 10.1. The Balaban J connectivity index is 1.45. The first-order chi connectivity index (χ1) is 14.0. The molecule has 2 N–H and O–H groups in total. The number of aryl methyl sites for hydroxylation is 1. The van der Waals surface area contributed by atoms with E-state index < -0.39 is 11.9 Å². The van der Waals surface area contributed by atoms with Crippen LogP contribution in [-0.2, 0) is 4.79 Å². The van der Waals surface area contributed by atoms with Crippen molar-refractivity contribution in [2.45, 2.75) is 39.2 Å². The molecule has 0 radical (unpaired) electrons. The highest BCUT2D eigenvalue weighted by atomic mass is 19.1. The van der Waals surface area contributed by atoms with E-state index in [-0.39, 0.29) is 11.7 Å². The van der Waals surface area contributed by atoms with Gasteiger partial charge in [0.2, 0.25) is 0 Å². The number of carbonyl (C=O) groups excluding carboxylic acids is 1. The van der Waals surface area contributed by atoms with Crippen molar-refractivity contribution in [3.05, 3.63) is 42.0 Å². The number of hydrogen-bond donors (Lipinski definition) is 2. The van der Waals surface area contributed by atoms with Gasteiger partial charge >= 0.3 is 0 Å². The normalized spacial score (nSPS) is 14.9. The summed E-state index contributed by atoms with van der Waals surface area (Å²) in [6.07, 6.45) is 2.85. The number of hydrogen-bond acceptors (Lipinski definition) is 6. The van der Waals surface area contributed by atoms with Crippen LogP contribution in [-0.4, -0.2) is 48.2 Å². The van der Waals surface area contributed by atoms with Crippen molar-refractivity contribution >= 4 is 17.5 Å². The molecule has 0 saturated carbocycles. The summed E-state index contributed by atoms with van der Waals surface area (Å²) in [7, 11) is 0. The van der Waals surface area contributed by atoms with Gasteiger partial charge in [-0.2, -0.15) is 0 Å². The van der Waals surface area contributed by atoms with Gasteiger partial charge in [-0.3, -0.25) is 4.79 Å². The minimum atomic E-state index is -0.793. The Hall–Kier alpha value is -2.90. The van der Waals surface area contributed by atoms with Crippen LogP contribution in [0.5, 0.6) is 5.75 Å². The topological polar surface area (TPSA) is 79.4 Å². The van der Waals surface area contributed by atoms with Crippen LogP contribution < -0.4 is 20.3 Å². The smallest absolute Gasteiger partial charge is 0.260 e. The van der Waals surface area contributed by atoms with Gasteiger partial charge in [-0.1, -0.05) is 12.1 Å². The Kier molecular flexibility index (Phi) is 7.21. The molecule has 2 aromatic rings. The summed E-state index contributed by atoms with van der Waals surface area (Å²) in [6, 6.07) is 7.98. The lowest BCUT2D eigenvalue weighted by molar-refractivity contribution is -0.127. The highest BCUT2D eigenvalue weighted by molar-refractivity contribution is 5.80. The summed E-state index contributed by atoms with van der Waals surface area (Å²) < 4.78 is 19.0. The first-order valence-electron chi connectivity index (χ1n) is 10.1. The van der Waals surface area contributed by atoms with Crippen LogP contribution in [0.25, 0.3) is 0 Å². The van der Waals surface area contributed by atoms with Gasteiger partial charge in [0.15, 0.2) is 17.7 Å². The first-order valence-corrected chi connectivity index (χ1v) is 10.1. The fourth-order valence-corrected chi connectivity index (χ4v) is 3.23. The van der Waals surface area contributed by atoms with E-state index in [1.807, 2.05) is 13.0 Å². The van der Waals surface area contributed by atoms with Gasteiger partial charge in [0.05, 0.1) is 0 Å². The number of nitrogens with zero attached hydrogens (tertiary/aromatic N) is 3. The molecule has 2 heterocycles. The van der Waals surface area contributed by atoms with Crippen molar-refractivity contribution in [3.63, 3.8) is 0 Å². The number of anilines is 2. The third kappa shape index (κ3) is 6.04. The van der Waals surface area contributed by atoms with Crippen LogP contribution in [0, 0.1) is 12.7 Å². The maximum absolute atomic E-state index is 13.6. The number of carbonyl (C=O) groups is 1. The number of halogens is 1. The molecule has 1 aromatic heterocycles. The van der Waals surface area contributed by atoms with E-state index >= 15 is 0 Å². The van der Waals surface area contributed by atoms with Gasteiger partial charge in [-0.15, -0.1) is 0 Å². The van der Waals surface area contributed by atoms with Crippen LogP contribution in [0.1, 0.15) is 32.0 Å². The maximum Gasteiger partial charge on any atom is 0.260 e. The van der Waals surface area contributed by atoms with Crippen molar-refractivity contribution < 1.29 is 13.9 Å². The van der Waals surface area contributed by atoms with Crippen LogP contribution in [0.3, 0.4) is 0 Å². The summed E-state index contributed by atoms with van der Waals surface area (Å²) in [4.78, 5) is 23.4. The summed E-state index contributed by atoms with van der Waals surface area (Å²) in [5.41, 5.74) is 0. The molecule has 1 unspecified atom stereocenters. The quantitative estimate of drug-likeness (QED) is 0.662. The minimum absolute atomic E-state index is 0.0648. The molecule has 1 aliphatic heterocycles. The number of rotatable bonds is 8. The molecule has 0 spiro atoms. The Morgan fingerprint density at radius 3 is 2.72 bits per heavy atom. The van der Waals surface area contributed by atoms with E-state index in [0.29, 0.717) is 18.9 Å². The zero-order chi connectivity index (χ0) is 20.6. The van der Waals surface area contributed by atoms with Crippen LogP contribution >= 0.6 is 0 Å². The number of amides is 1. The second kappa shape index (κ2) is 10.0. The van der Waals surface area contributed by atoms with Gasteiger partial charge in [-0.25, -0.2) is 14.4 Å². The standard InChI is InChI=1S/C21H28FN5O2/c1-15(29-18-9-5-4-8-17(18)22)21(28)24-11-10-23-19-14-20(26-16(2)25-19)27-12-6-3-7-13-27/h4-5,8-9,14-15H,3,6-7,10-13H2,1-2H3,(H,24,28)(H,23,25,26). The molecule has 1 aliphatic rings. The molecule has 29 heavy (non-hydrogen) atoms. The number of ether oxygens (including phenoxy) is 1. The van der Waals surface area contributed by atoms with Gasteiger partial charge in [0, 0.05) is 32.2 Å². The monoisotopic (exact) mass is 401 g/mol. The van der Waals surface area contributed by atoms with E-state index in [0.717, 1.165) is 24.7 Å². The van der Waals surface area contributed by atoms with Gasteiger partial charge in [0.1, 0.15) is 17.5 Å². The van der Waals surface area contributed by atoms with Crippen molar-refractivity contribution in [3.8, 4) is 5.75 Å². The molecule has 1 saturated heterocycles. The zero-order valence-electron chi connectivity index (χ0n) is 16.9. The highest BCUT2D eigenvalue weighted by Gasteiger charge is 2.16.